The number of ketones is 1. The molecule has 0 aliphatic heterocycles. The molecule has 0 saturated heterocycles. The zero-order chi connectivity index (χ0) is 20.1. The van der Waals surface area contributed by atoms with Gasteiger partial charge in [0.1, 0.15) is 0 Å². The number of benzene rings is 1. The average molecular weight is 402 g/mol. The Morgan fingerprint density at radius 2 is 1.75 bits per heavy atom. The first-order valence-electron chi connectivity index (χ1n) is 9.89. The Morgan fingerprint density at radius 1 is 1.07 bits per heavy atom. The number of amides is 1. The molecule has 1 aliphatic carbocycles. The van der Waals surface area contributed by atoms with Gasteiger partial charge in [0.05, 0.1) is 5.25 Å². The molecule has 1 aromatic heterocycles. The zero-order valence-electron chi connectivity index (χ0n) is 16.6. The largest absolute Gasteiger partial charge is 0.416 e. The van der Waals surface area contributed by atoms with Gasteiger partial charge in [0.15, 0.2) is 5.78 Å². The molecule has 1 saturated carbocycles. The van der Waals surface area contributed by atoms with Gasteiger partial charge in [0, 0.05) is 23.1 Å². The number of anilines is 1. The molecule has 2 aromatic rings. The fraction of sp³-hybridized carbons (Fsp3) is 0.524. The molecule has 28 heavy (non-hydrogen) atoms. The van der Waals surface area contributed by atoms with Crippen molar-refractivity contribution in [3.8, 4) is 0 Å². The van der Waals surface area contributed by atoms with Crippen LogP contribution in [0.2, 0.25) is 0 Å². The number of carbonyl (C=O) groups is 2. The fourth-order valence-electron chi connectivity index (χ4n) is 3.23. The smallest absolute Gasteiger partial charge is 0.277 e. The van der Waals surface area contributed by atoms with E-state index in [9.17, 15) is 9.59 Å². The van der Waals surface area contributed by atoms with Gasteiger partial charge in [-0.3, -0.25) is 9.59 Å². The number of nitrogens with zero attached hydrogens (tertiary/aromatic N) is 2. The summed E-state index contributed by atoms with van der Waals surface area (Å²) in [7, 11) is 0. The summed E-state index contributed by atoms with van der Waals surface area (Å²) in [5.41, 5.74) is 1.28. The minimum atomic E-state index is -0.337. The van der Waals surface area contributed by atoms with Gasteiger partial charge in [-0.15, -0.1) is 10.2 Å². The van der Waals surface area contributed by atoms with E-state index in [1.54, 1.807) is 24.3 Å². The molecular weight excluding hydrogens is 374 g/mol. The van der Waals surface area contributed by atoms with Gasteiger partial charge in [-0.05, 0) is 44.0 Å². The van der Waals surface area contributed by atoms with Crippen molar-refractivity contribution in [2.75, 3.05) is 5.32 Å². The lowest BCUT2D eigenvalue weighted by molar-refractivity contribution is -0.118. The topological polar surface area (TPSA) is 85.1 Å². The lowest BCUT2D eigenvalue weighted by Gasteiger charge is -2.17. The van der Waals surface area contributed by atoms with Crippen LogP contribution in [0.1, 0.15) is 75.0 Å². The van der Waals surface area contributed by atoms with Crippen LogP contribution in [0.4, 0.5) is 5.69 Å². The summed E-state index contributed by atoms with van der Waals surface area (Å²) in [6.07, 6.45) is 5.88. The molecule has 0 unspecified atom stereocenters. The van der Waals surface area contributed by atoms with Crippen LogP contribution < -0.4 is 5.32 Å². The normalized spacial score (nSPS) is 16.1. The van der Waals surface area contributed by atoms with Gasteiger partial charge >= 0.3 is 0 Å². The molecule has 1 N–H and O–H groups in total. The van der Waals surface area contributed by atoms with E-state index in [1.165, 1.54) is 31.0 Å². The maximum absolute atomic E-state index is 12.7. The third-order valence-corrected chi connectivity index (χ3v) is 5.92. The SMILES string of the molecule is CC(C)C(=O)Nc1ccc(C(=O)[C@H](C)Sc2nnc(C3CCCCC3)o2)cc1. The first kappa shape index (κ1) is 20.6. The average Bonchev–Trinajstić information content (AvgIpc) is 3.17. The van der Waals surface area contributed by atoms with Gasteiger partial charge in [-0.1, -0.05) is 44.9 Å². The van der Waals surface area contributed by atoms with E-state index in [1.807, 2.05) is 20.8 Å². The van der Waals surface area contributed by atoms with Gasteiger partial charge in [0.2, 0.25) is 11.8 Å². The molecule has 0 radical (unpaired) electrons. The molecule has 6 nitrogen and oxygen atoms in total. The number of carbonyl (C=O) groups excluding carboxylic acids is 2. The minimum absolute atomic E-state index is 0.0100. The zero-order valence-corrected chi connectivity index (χ0v) is 17.4. The summed E-state index contributed by atoms with van der Waals surface area (Å²) in [6, 6.07) is 6.96. The monoisotopic (exact) mass is 401 g/mol. The van der Waals surface area contributed by atoms with Gasteiger partial charge in [-0.2, -0.15) is 0 Å². The second kappa shape index (κ2) is 9.37. The second-order valence-electron chi connectivity index (χ2n) is 7.59. The highest BCUT2D eigenvalue weighted by Gasteiger charge is 2.24. The standard InChI is InChI=1S/C21H27N3O3S/c1-13(2)19(26)22-17-11-9-15(10-12-17)18(25)14(3)28-21-24-23-20(27-21)16-7-5-4-6-8-16/h9-14,16H,4-8H2,1-3H3,(H,22,26)/t14-/m0/s1. The summed E-state index contributed by atoms with van der Waals surface area (Å²) < 4.78 is 5.81. The van der Waals surface area contributed by atoms with Crippen LogP contribution in [0.15, 0.2) is 33.9 Å². The summed E-state index contributed by atoms with van der Waals surface area (Å²) in [5, 5.41) is 11.2. The minimum Gasteiger partial charge on any atom is -0.416 e. The van der Waals surface area contributed by atoms with Crippen molar-refractivity contribution in [2.24, 2.45) is 5.92 Å². The summed E-state index contributed by atoms with van der Waals surface area (Å²) in [4.78, 5) is 24.5. The number of nitrogens with one attached hydrogen (secondary N) is 1. The fourth-order valence-corrected chi connectivity index (χ4v) is 3.99. The molecule has 3 rings (SSSR count). The van der Waals surface area contributed by atoms with Gasteiger partial charge < -0.3 is 9.73 Å². The lowest BCUT2D eigenvalue weighted by Crippen LogP contribution is -2.18. The predicted molar refractivity (Wildman–Crippen MR) is 110 cm³/mol. The number of hydrogen-bond acceptors (Lipinski definition) is 6. The Kier molecular flexibility index (Phi) is 6.88. The molecule has 0 bridgehead atoms. The quantitative estimate of drug-likeness (QED) is 0.515. The number of rotatable bonds is 7. The lowest BCUT2D eigenvalue weighted by atomic mass is 9.89. The Balaban J connectivity index is 1.58. The van der Waals surface area contributed by atoms with Crippen molar-refractivity contribution >= 4 is 29.1 Å². The maximum Gasteiger partial charge on any atom is 0.277 e. The molecule has 0 spiro atoms. The van der Waals surface area contributed by atoms with E-state index in [4.69, 9.17) is 4.42 Å². The van der Waals surface area contributed by atoms with Crippen LogP contribution in [0, 0.1) is 5.92 Å². The summed E-state index contributed by atoms with van der Waals surface area (Å²) >= 11 is 1.29. The highest BCUT2D eigenvalue weighted by molar-refractivity contribution is 8.00. The molecule has 1 atom stereocenters. The third kappa shape index (κ3) is 5.22. The third-order valence-electron chi connectivity index (χ3n) is 4.98. The van der Waals surface area contributed by atoms with E-state index < -0.39 is 0 Å². The molecular formula is C21H27N3O3S. The van der Waals surface area contributed by atoms with Crippen LogP contribution in [0.5, 0.6) is 0 Å². The number of aromatic nitrogens is 2. The van der Waals surface area contributed by atoms with E-state index in [2.05, 4.69) is 15.5 Å². The number of Topliss-reactive ketones (excluding diaryl/α,β-unsaturated/α-hetero) is 1. The van der Waals surface area contributed by atoms with E-state index in [0.717, 1.165) is 12.8 Å². The summed E-state index contributed by atoms with van der Waals surface area (Å²) in [6.45, 7) is 5.51. The summed E-state index contributed by atoms with van der Waals surface area (Å²) in [5.74, 6) is 0.908. The van der Waals surface area contributed by atoms with Crippen LogP contribution in [-0.4, -0.2) is 27.1 Å². The Hall–Kier alpha value is -2.15. The van der Waals surface area contributed by atoms with E-state index >= 15 is 0 Å². The number of hydrogen-bond donors (Lipinski definition) is 1. The van der Waals surface area contributed by atoms with Gasteiger partial charge in [-0.25, -0.2) is 0 Å². The first-order chi connectivity index (χ1) is 13.4. The Bertz CT molecular complexity index is 811. The van der Waals surface area contributed by atoms with Crippen LogP contribution >= 0.6 is 11.8 Å². The maximum atomic E-state index is 12.7. The highest BCUT2D eigenvalue weighted by atomic mass is 32.2. The van der Waals surface area contributed by atoms with Crippen molar-refractivity contribution in [1.82, 2.24) is 10.2 Å². The van der Waals surface area contributed by atoms with Crippen molar-refractivity contribution in [3.05, 3.63) is 35.7 Å². The van der Waals surface area contributed by atoms with Crippen LogP contribution in [0.25, 0.3) is 0 Å². The van der Waals surface area contributed by atoms with Crippen molar-refractivity contribution < 1.29 is 14.0 Å². The number of thioether (sulfide) groups is 1. The molecule has 1 amide bonds. The highest BCUT2D eigenvalue weighted by Crippen LogP contribution is 2.34. The van der Waals surface area contributed by atoms with Crippen molar-refractivity contribution in [2.45, 2.75) is 69.3 Å². The van der Waals surface area contributed by atoms with E-state index in [-0.39, 0.29) is 22.9 Å². The molecule has 1 aliphatic rings. The molecule has 1 fully saturated rings. The molecule has 150 valence electrons. The van der Waals surface area contributed by atoms with E-state index in [0.29, 0.717) is 28.3 Å². The van der Waals surface area contributed by atoms with Gasteiger partial charge in [0.25, 0.3) is 5.22 Å². The predicted octanol–water partition coefficient (Wildman–Crippen LogP) is 5.08. The van der Waals surface area contributed by atoms with Crippen LogP contribution in [0.3, 0.4) is 0 Å². The first-order valence-corrected chi connectivity index (χ1v) is 10.8. The van der Waals surface area contributed by atoms with Crippen molar-refractivity contribution in [3.63, 3.8) is 0 Å². The van der Waals surface area contributed by atoms with Crippen LogP contribution in [-0.2, 0) is 4.79 Å². The Labute approximate surface area is 169 Å². The second-order valence-corrected chi connectivity index (χ2v) is 8.88. The van der Waals surface area contributed by atoms with Crippen molar-refractivity contribution in [1.29, 1.82) is 0 Å². The Morgan fingerprint density at radius 3 is 2.39 bits per heavy atom. The molecule has 7 heteroatoms. The molecule has 1 aromatic carbocycles. The molecule has 1 heterocycles.